The first-order chi connectivity index (χ1) is 21.0. The molecule has 0 bridgehead atoms. The number of allylic oxidation sites excluding steroid dienone is 2. The Morgan fingerprint density at radius 1 is 0.605 bits per heavy atom. The number of aliphatic hydroxyl groups is 2. The molecular formula is C37H72N2O4. The van der Waals surface area contributed by atoms with Crippen molar-refractivity contribution in [2.24, 2.45) is 5.73 Å². The second-order valence-corrected chi connectivity index (χ2v) is 12.8. The standard InChI is InChI=1S/C37H72N2O4/c1-3-5-7-9-11-13-15-17-18-20-22-24-26-28-30-32-36(42)39(37(38)43)34(33-40)35(41)31-29-27-25-23-21-19-16-14-12-10-8-6-4-2/h17-18,34-35,40-41H,3-16,19-33H2,1-2H3,(H2,38,43). The number of nitrogens with two attached hydrogens (primary N) is 1. The fourth-order valence-corrected chi connectivity index (χ4v) is 5.88. The van der Waals surface area contributed by atoms with Crippen molar-refractivity contribution >= 4 is 11.9 Å². The SMILES string of the molecule is CCCCCCCCC=CCCCCCCCC(=O)N(C(N)=O)C(CO)C(O)CCCCCCCCCCCCCCC. The van der Waals surface area contributed by atoms with Crippen LogP contribution in [0.3, 0.4) is 0 Å². The van der Waals surface area contributed by atoms with Crippen LogP contribution in [-0.2, 0) is 4.79 Å². The third kappa shape index (κ3) is 25.6. The highest BCUT2D eigenvalue weighted by molar-refractivity contribution is 5.94. The summed E-state index contributed by atoms with van der Waals surface area (Å²) >= 11 is 0. The quantitative estimate of drug-likeness (QED) is 0.0522. The lowest BCUT2D eigenvalue weighted by Crippen LogP contribution is -2.54. The minimum absolute atomic E-state index is 0.211. The van der Waals surface area contributed by atoms with Crippen molar-refractivity contribution in [1.82, 2.24) is 4.90 Å². The highest BCUT2D eigenvalue weighted by atomic mass is 16.3. The zero-order chi connectivity index (χ0) is 31.8. The van der Waals surface area contributed by atoms with Gasteiger partial charge in [-0.2, -0.15) is 0 Å². The Kier molecular flexibility index (Phi) is 31.0. The van der Waals surface area contributed by atoms with Crippen LogP contribution in [0, 0.1) is 0 Å². The molecular weight excluding hydrogens is 536 g/mol. The molecule has 2 atom stereocenters. The molecule has 0 aliphatic carbocycles. The number of unbranched alkanes of at least 4 members (excludes halogenated alkanes) is 23. The molecule has 0 aromatic heterocycles. The number of hydrogen-bond acceptors (Lipinski definition) is 4. The molecule has 4 N–H and O–H groups in total. The van der Waals surface area contributed by atoms with Crippen LogP contribution in [0.15, 0.2) is 12.2 Å². The van der Waals surface area contributed by atoms with Crippen LogP contribution in [0.2, 0.25) is 0 Å². The predicted molar refractivity (Wildman–Crippen MR) is 183 cm³/mol. The van der Waals surface area contributed by atoms with Gasteiger partial charge in [-0.25, -0.2) is 4.79 Å². The largest absolute Gasteiger partial charge is 0.394 e. The van der Waals surface area contributed by atoms with Gasteiger partial charge in [0.05, 0.1) is 18.8 Å². The number of amides is 3. The molecule has 0 radical (unpaired) electrons. The number of carbonyl (C=O) groups is 2. The fourth-order valence-electron chi connectivity index (χ4n) is 5.88. The summed E-state index contributed by atoms with van der Waals surface area (Å²) in [5, 5.41) is 20.6. The molecule has 0 aromatic rings. The van der Waals surface area contributed by atoms with Gasteiger partial charge in [-0.1, -0.05) is 161 Å². The van der Waals surface area contributed by atoms with Gasteiger partial charge < -0.3 is 15.9 Å². The van der Waals surface area contributed by atoms with E-state index in [1.165, 1.54) is 109 Å². The molecule has 0 rings (SSSR count). The first kappa shape index (κ1) is 41.6. The second kappa shape index (κ2) is 32.0. The Balaban J connectivity index is 3.99. The summed E-state index contributed by atoms with van der Waals surface area (Å²) in [4.78, 5) is 25.8. The maximum atomic E-state index is 12.8. The number of aliphatic hydroxyl groups excluding tert-OH is 2. The molecule has 3 amide bonds. The van der Waals surface area contributed by atoms with Crippen molar-refractivity contribution in [2.45, 2.75) is 206 Å². The van der Waals surface area contributed by atoms with Crippen LogP contribution in [0.25, 0.3) is 0 Å². The van der Waals surface area contributed by atoms with Crippen molar-refractivity contribution in [3.63, 3.8) is 0 Å². The molecule has 0 aromatic carbocycles. The smallest absolute Gasteiger partial charge is 0.321 e. The Labute approximate surface area is 266 Å². The lowest BCUT2D eigenvalue weighted by Gasteiger charge is -2.31. The van der Waals surface area contributed by atoms with Crippen molar-refractivity contribution in [1.29, 1.82) is 0 Å². The molecule has 6 nitrogen and oxygen atoms in total. The number of nitrogens with zero attached hydrogens (tertiary/aromatic N) is 1. The minimum Gasteiger partial charge on any atom is -0.394 e. The van der Waals surface area contributed by atoms with Crippen LogP contribution in [0.5, 0.6) is 0 Å². The summed E-state index contributed by atoms with van der Waals surface area (Å²) in [6.45, 7) is 4.03. The molecule has 2 unspecified atom stereocenters. The number of imide groups is 1. The van der Waals surface area contributed by atoms with Crippen LogP contribution in [0.1, 0.15) is 194 Å². The van der Waals surface area contributed by atoms with E-state index in [-0.39, 0.29) is 6.42 Å². The first-order valence-corrected chi connectivity index (χ1v) is 18.5. The van der Waals surface area contributed by atoms with Gasteiger partial charge in [0.25, 0.3) is 0 Å². The van der Waals surface area contributed by atoms with E-state index in [0.717, 1.165) is 56.3 Å². The zero-order valence-electron chi connectivity index (χ0n) is 28.6. The molecule has 254 valence electrons. The second-order valence-electron chi connectivity index (χ2n) is 12.8. The summed E-state index contributed by atoms with van der Waals surface area (Å²) in [6.07, 6.45) is 35.8. The van der Waals surface area contributed by atoms with Crippen molar-refractivity contribution < 1.29 is 19.8 Å². The summed E-state index contributed by atoms with van der Waals surface area (Å²) in [5.74, 6) is -0.395. The first-order valence-electron chi connectivity index (χ1n) is 18.5. The lowest BCUT2D eigenvalue weighted by atomic mass is 10.0. The van der Waals surface area contributed by atoms with E-state index >= 15 is 0 Å². The fraction of sp³-hybridized carbons (Fsp3) is 0.892. The normalized spacial score (nSPS) is 13.0. The van der Waals surface area contributed by atoms with Gasteiger partial charge in [0.15, 0.2) is 0 Å². The number of rotatable bonds is 32. The maximum Gasteiger partial charge on any atom is 0.321 e. The van der Waals surface area contributed by atoms with Gasteiger partial charge in [0, 0.05) is 6.42 Å². The molecule has 0 fully saturated rings. The summed E-state index contributed by atoms with van der Waals surface area (Å²) in [6, 6.07) is -1.85. The Bertz CT molecular complexity index is 655. The minimum atomic E-state index is -0.967. The summed E-state index contributed by atoms with van der Waals surface area (Å²) in [7, 11) is 0. The topological polar surface area (TPSA) is 104 Å². The van der Waals surface area contributed by atoms with Gasteiger partial charge in [-0.05, 0) is 38.5 Å². The van der Waals surface area contributed by atoms with Crippen LogP contribution in [0.4, 0.5) is 4.79 Å². The molecule has 6 heteroatoms. The number of primary amides is 1. The Hall–Kier alpha value is -1.40. The van der Waals surface area contributed by atoms with E-state index in [2.05, 4.69) is 26.0 Å². The average molecular weight is 609 g/mol. The molecule has 0 saturated carbocycles. The summed E-state index contributed by atoms with van der Waals surface area (Å²) < 4.78 is 0. The van der Waals surface area contributed by atoms with Crippen molar-refractivity contribution in [2.75, 3.05) is 6.61 Å². The Morgan fingerprint density at radius 2 is 0.977 bits per heavy atom. The van der Waals surface area contributed by atoms with Gasteiger partial charge >= 0.3 is 6.03 Å². The highest BCUT2D eigenvalue weighted by Gasteiger charge is 2.32. The van der Waals surface area contributed by atoms with Gasteiger partial charge in [0.1, 0.15) is 0 Å². The van der Waals surface area contributed by atoms with E-state index in [4.69, 9.17) is 5.73 Å². The van der Waals surface area contributed by atoms with Crippen LogP contribution < -0.4 is 5.73 Å². The maximum absolute atomic E-state index is 12.8. The van der Waals surface area contributed by atoms with Gasteiger partial charge in [-0.15, -0.1) is 0 Å². The van der Waals surface area contributed by atoms with Gasteiger partial charge in [0.2, 0.25) is 5.91 Å². The molecule has 43 heavy (non-hydrogen) atoms. The molecule has 0 heterocycles. The predicted octanol–water partition coefficient (Wildman–Crippen LogP) is 10.1. The monoisotopic (exact) mass is 609 g/mol. The number of urea groups is 1. The zero-order valence-corrected chi connectivity index (χ0v) is 28.6. The third-order valence-electron chi connectivity index (χ3n) is 8.72. The van der Waals surface area contributed by atoms with Gasteiger partial charge in [-0.3, -0.25) is 9.69 Å². The molecule has 0 saturated heterocycles. The third-order valence-corrected chi connectivity index (χ3v) is 8.72. The number of hydrogen-bond donors (Lipinski definition) is 3. The van der Waals surface area contributed by atoms with Crippen LogP contribution in [-0.4, -0.2) is 45.8 Å². The molecule has 0 spiro atoms. The lowest BCUT2D eigenvalue weighted by molar-refractivity contribution is -0.133. The summed E-state index contributed by atoms with van der Waals surface area (Å²) in [5.41, 5.74) is 5.52. The highest BCUT2D eigenvalue weighted by Crippen LogP contribution is 2.17. The molecule has 0 aliphatic heterocycles. The van der Waals surface area contributed by atoms with E-state index in [0.29, 0.717) is 12.8 Å². The van der Waals surface area contributed by atoms with Crippen LogP contribution >= 0.6 is 0 Å². The molecule has 0 aliphatic rings. The van der Waals surface area contributed by atoms with Crippen molar-refractivity contribution in [3.8, 4) is 0 Å². The van der Waals surface area contributed by atoms with E-state index in [1.54, 1.807) is 0 Å². The Morgan fingerprint density at radius 3 is 1.37 bits per heavy atom. The number of carbonyl (C=O) groups excluding carboxylic acids is 2. The van der Waals surface area contributed by atoms with Crippen molar-refractivity contribution in [3.05, 3.63) is 12.2 Å². The average Bonchev–Trinajstić information content (AvgIpc) is 2.99. The van der Waals surface area contributed by atoms with E-state index in [1.807, 2.05) is 0 Å². The van der Waals surface area contributed by atoms with E-state index < -0.39 is 30.7 Å². The van der Waals surface area contributed by atoms with E-state index in [9.17, 15) is 19.8 Å².